The van der Waals surface area contributed by atoms with Crippen molar-refractivity contribution in [3.8, 4) is 17.1 Å². The van der Waals surface area contributed by atoms with E-state index in [-0.39, 0.29) is 0 Å². The SMILES string of the molecule is COc1ccc(-c2nnc(SCc3nc4ccccc4[nH]3)n2Cc2ccco2)cc1. The van der Waals surface area contributed by atoms with Crippen LogP contribution in [-0.4, -0.2) is 31.8 Å². The number of benzene rings is 2. The minimum atomic E-state index is 0.545. The number of para-hydroxylation sites is 2. The van der Waals surface area contributed by atoms with E-state index in [1.54, 1.807) is 25.1 Å². The smallest absolute Gasteiger partial charge is 0.192 e. The first-order valence-electron chi connectivity index (χ1n) is 9.46. The number of imidazole rings is 1. The van der Waals surface area contributed by atoms with Crippen molar-refractivity contribution in [2.24, 2.45) is 0 Å². The van der Waals surface area contributed by atoms with Crippen molar-refractivity contribution in [3.05, 3.63) is 78.5 Å². The Kier molecular flexibility index (Phi) is 4.98. The molecule has 0 unspecified atom stereocenters. The van der Waals surface area contributed by atoms with Crippen molar-refractivity contribution in [3.63, 3.8) is 0 Å². The lowest BCUT2D eigenvalue weighted by atomic mass is 10.2. The number of thioether (sulfide) groups is 1. The topological polar surface area (TPSA) is 81.8 Å². The van der Waals surface area contributed by atoms with Gasteiger partial charge in [-0.2, -0.15) is 0 Å². The van der Waals surface area contributed by atoms with E-state index in [0.717, 1.165) is 44.9 Å². The number of furan rings is 1. The molecule has 0 aliphatic heterocycles. The Morgan fingerprint density at radius 1 is 1.03 bits per heavy atom. The van der Waals surface area contributed by atoms with Gasteiger partial charge in [0.2, 0.25) is 0 Å². The van der Waals surface area contributed by atoms with Gasteiger partial charge in [0.15, 0.2) is 11.0 Å². The molecule has 8 heteroatoms. The van der Waals surface area contributed by atoms with Crippen LogP contribution in [0, 0.1) is 0 Å². The van der Waals surface area contributed by atoms with Gasteiger partial charge in [0.1, 0.15) is 17.3 Å². The zero-order valence-corrected chi connectivity index (χ0v) is 17.1. The summed E-state index contributed by atoms with van der Waals surface area (Å²) in [6.07, 6.45) is 1.67. The van der Waals surface area contributed by atoms with Crippen LogP contribution < -0.4 is 4.74 Å². The molecule has 150 valence electrons. The van der Waals surface area contributed by atoms with Gasteiger partial charge in [0, 0.05) is 5.56 Å². The molecule has 1 N–H and O–H groups in total. The number of fused-ring (bicyclic) bond motifs is 1. The maximum atomic E-state index is 5.57. The molecule has 7 nitrogen and oxygen atoms in total. The first-order valence-corrected chi connectivity index (χ1v) is 10.4. The van der Waals surface area contributed by atoms with Crippen molar-refractivity contribution in [1.82, 2.24) is 24.7 Å². The van der Waals surface area contributed by atoms with Crippen LogP contribution in [-0.2, 0) is 12.3 Å². The molecular weight excluding hydrogens is 398 g/mol. The molecule has 5 rings (SSSR count). The van der Waals surface area contributed by atoms with E-state index in [1.165, 1.54) is 0 Å². The largest absolute Gasteiger partial charge is 0.497 e. The first kappa shape index (κ1) is 18.5. The molecule has 0 spiro atoms. The molecule has 2 aromatic carbocycles. The fraction of sp³-hybridized carbons (Fsp3) is 0.136. The summed E-state index contributed by atoms with van der Waals surface area (Å²) in [5.74, 6) is 3.99. The molecule has 30 heavy (non-hydrogen) atoms. The highest BCUT2D eigenvalue weighted by Gasteiger charge is 2.17. The molecule has 0 fully saturated rings. The van der Waals surface area contributed by atoms with Gasteiger partial charge in [-0.25, -0.2) is 4.98 Å². The van der Waals surface area contributed by atoms with Crippen molar-refractivity contribution >= 4 is 22.8 Å². The lowest BCUT2D eigenvalue weighted by molar-refractivity contribution is 0.415. The minimum absolute atomic E-state index is 0.545. The van der Waals surface area contributed by atoms with Gasteiger partial charge in [0.05, 0.1) is 36.7 Å². The number of rotatable bonds is 7. The summed E-state index contributed by atoms with van der Waals surface area (Å²) < 4.78 is 12.9. The summed E-state index contributed by atoms with van der Waals surface area (Å²) in [6.45, 7) is 0.545. The second-order valence-electron chi connectivity index (χ2n) is 6.69. The quantitative estimate of drug-likeness (QED) is 0.384. The molecule has 5 aromatic rings. The highest BCUT2D eigenvalue weighted by atomic mass is 32.2. The average molecular weight is 417 g/mol. The van der Waals surface area contributed by atoms with E-state index in [9.17, 15) is 0 Å². The van der Waals surface area contributed by atoms with Gasteiger partial charge in [-0.3, -0.25) is 4.57 Å². The summed E-state index contributed by atoms with van der Waals surface area (Å²) in [5, 5.41) is 9.71. The number of hydrogen-bond acceptors (Lipinski definition) is 6. The second-order valence-corrected chi connectivity index (χ2v) is 7.63. The number of aromatic amines is 1. The van der Waals surface area contributed by atoms with Crippen LogP contribution >= 0.6 is 11.8 Å². The molecule has 0 saturated heterocycles. The molecule has 3 aromatic heterocycles. The molecule has 0 aliphatic rings. The monoisotopic (exact) mass is 417 g/mol. The van der Waals surface area contributed by atoms with Gasteiger partial charge in [-0.1, -0.05) is 23.9 Å². The molecule has 0 amide bonds. The third kappa shape index (κ3) is 3.69. The molecule has 0 radical (unpaired) electrons. The molecule has 0 saturated carbocycles. The molecule has 3 heterocycles. The van der Waals surface area contributed by atoms with E-state index in [4.69, 9.17) is 9.15 Å². The van der Waals surface area contributed by atoms with Crippen molar-refractivity contribution < 1.29 is 9.15 Å². The maximum Gasteiger partial charge on any atom is 0.192 e. The van der Waals surface area contributed by atoms with Gasteiger partial charge in [0.25, 0.3) is 0 Å². The fourth-order valence-electron chi connectivity index (χ4n) is 3.26. The van der Waals surface area contributed by atoms with Crippen LogP contribution in [0.2, 0.25) is 0 Å². The summed E-state index contributed by atoms with van der Waals surface area (Å²) in [4.78, 5) is 8.01. The van der Waals surface area contributed by atoms with Gasteiger partial charge >= 0.3 is 0 Å². The highest BCUT2D eigenvalue weighted by Crippen LogP contribution is 2.28. The Morgan fingerprint density at radius 3 is 2.67 bits per heavy atom. The van der Waals surface area contributed by atoms with Crippen LogP contribution in [0.15, 0.2) is 76.5 Å². The third-order valence-electron chi connectivity index (χ3n) is 4.74. The molecule has 0 bridgehead atoms. The van der Waals surface area contributed by atoms with E-state index >= 15 is 0 Å². The van der Waals surface area contributed by atoms with Crippen LogP contribution in [0.3, 0.4) is 0 Å². The Labute approximate surface area is 177 Å². The molecule has 0 atom stereocenters. The van der Waals surface area contributed by atoms with E-state index in [1.807, 2.05) is 60.7 Å². The van der Waals surface area contributed by atoms with Gasteiger partial charge in [-0.05, 0) is 48.5 Å². The number of hydrogen-bond donors (Lipinski definition) is 1. The number of nitrogens with zero attached hydrogens (tertiary/aromatic N) is 4. The maximum absolute atomic E-state index is 5.57. The van der Waals surface area contributed by atoms with Crippen LogP contribution in [0.5, 0.6) is 5.75 Å². The first-order chi connectivity index (χ1) is 14.8. The highest BCUT2D eigenvalue weighted by molar-refractivity contribution is 7.98. The Balaban J connectivity index is 1.45. The summed E-state index contributed by atoms with van der Waals surface area (Å²) in [6, 6.07) is 19.6. The van der Waals surface area contributed by atoms with E-state index in [0.29, 0.717) is 12.3 Å². The lowest BCUT2D eigenvalue weighted by Crippen LogP contribution is -2.03. The summed E-state index contributed by atoms with van der Waals surface area (Å²) in [7, 11) is 1.65. The zero-order chi connectivity index (χ0) is 20.3. The molecule has 0 aliphatic carbocycles. The van der Waals surface area contributed by atoms with E-state index < -0.39 is 0 Å². The Hall–Kier alpha value is -3.52. The number of methoxy groups -OCH3 is 1. The number of H-pyrrole nitrogens is 1. The van der Waals surface area contributed by atoms with Gasteiger partial charge in [-0.15, -0.1) is 10.2 Å². The summed E-state index contributed by atoms with van der Waals surface area (Å²) in [5.41, 5.74) is 2.96. The third-order valence-corrected chi connectivity index (χ3v) is 5.71. The predicted octanol–water partition coefficient (Wildman–Crippen LogP) is 4.76. The van der Waals surface area contributed by atoms with Crippen molar-refractivity contribution in [1.29, 1.82) is 0 Å². The minimum Gasteiger partial charge on any atom is -0.497 e. The predicted molar refractivity (Wildman–Crippen MR) is 115 cm³/mol. The van der Waals surface area contributed by atoms with Crippen LogP contribution in [0.4, 0.5) is 0 Å². The average Bonchev–Trinajstić information content (AvgIpc) is 3.52. The number of aromatic nitrogens is 5. The van der Waals surface area contributed by atoms with Crippen LogP contribution in [0.25, 0.3) is 22.4 Å². The normalized spacial score (nSPS) is 11.2. The van der Waals surface area contributed by atoms with Crippen molar-refractivity contribution in [2.75, 3.05) is 7.11 Å². The standard InChI is InChI=1S/C22H19N5O2S/c1-28-16-10-8-15(9-11-16)21-25-26-22(27(21)13-17-5-4-12-29-17)30-14-20-23-18-6-2-3-7-19(18)24-20/h2-12H,13-14H2,1H3,(H,23,24). The van der Waals surface area contributed by atoms with Crippen molar-refractivity contribution in [2.45, 2.75) is 17.5 Å². The van der Waals surface area contributed by atoms with Crippen LogP contribution in [0.1, 0.15) is 11.6 Å². The molecular formula is C22H19N5O2S. The Bertz CT molecular complexity index is 1230. The number of ether oxygens (including phenoxy) is 1. The summed E-state index contributed by atoms with van der Waals surface area (Å²) >= 11 is 1.59. The number of nitrogens with one attached hydrogen (secondary N) is 1. The van der Waals surface area contributed by atoms with E-state index in [2.05, 4.69) is 24.7 Å². The zero-order valence-electron chi connectivity index (χ0n) is 16.3. The van der Waals surface area contributed by atoms with Gasteiger partial charge < -0.3 is 14.1 Å². The fourth-order valence-corrected chi connectivity index (χ4v) is 4.06. The lowest BCUT2D eigenvalue weighted by Gasteiger charge is -2.09. The Morgan fingerprint density at radius 2 is 1.90 bits per heavy atom. The second kappa shape index (κ2) is 8.08.